The molecule has 4 nitrogen and oxygen atoms in total. The first-order valence-corrected chi connectivity index (χ1v) is 4.83. The van der Waals surface area contributed by atoms with Gasteiger partial charge in [-0.25, -0.2) is 9.78 Å². The zero-order valence-corrected chi connectivity index (χ0v) is 9.54. The van der Waals surface area contributed by atoms with Gasteiger partial charge in [0.2, 0.25) is 0 Å². The number of pyridine rings is 1. The van der Waals surface area contributed by atoms with Gasteiger partial charge >= 0.3 is 5.97 Å². The lowest BCUT2D eigenvalue weighted by atomic mass is 10.3. The van der Waals surface area contributed by atoms with Crippen LogP contribution in [0.2, 0.25) is 5.15 Å². The smallest absolute Gasteiger partial charge is 0.357 e. The lowest BCUT2D eigenvalue weighted by Crippen LogP contribution is -2.13. The number of halogens is 1. The predicted molar refractivity (Wildman–Crippen MR) is 56.4 cm³/mol. The van der Waals surface area contributed by atoms with Crippen LogP contribution in [-0.4, -0.2) is 24.2 Å². The maximum absolute atomic E-state index is 11.5. The Hall–Kier alpha value is -1.29. The van der Waals surface area contributed by atoms with Gasteiger partial charge in [-0.3, -0.25) is 0 Å². The highest BCUT2D eigenvalue weighted by atomic mass is 35.5. The summed E-state index contributed by atoms with van der Waals surface area (Å²) in [5, 5.41) is 0.199. The Labute approximate surface area is 93.2 Å². The molecular formula is C10H12ClNO3. The quantitative estimate of drug-likeness (QED) is 0.590. The molecule has 0 unspecified atom stereocenters. The molecule has 0 bridgehead atoms. The lowest BCUT2D eigenvalue weighted by molar-refractivity contribution is 0.0370. The van der Waals surface area contributed by atoms with Crippen LogP contribution in [0.15, 0.2) is 12.1 Å². The molecule has 0 aliphatic rings. The van der Waals surface area contributed by atoms with Crippen LogP contribution in [0.4, 0.5) is 0 Å². The molecule has 0 aromatic carbocycles. The van der Waals surface area contributed by atoms with E-state index in [0.29, 0.717) is 5.75 Å². The minimum atomic E-state index is -0.509. The van der Waals surface area contributed by atoms with Crippen molar-refractivity contribution in [1.29, 1.82) is 0 Å². The van der Waals surface area contributed by atoms with E-state index in [2.05, 4.69) is 4.98 Å². The SMILES string of the molecule is COc1cc(Cl)nc(C(=O)OC(C)C)c1. The molecule has 82 valence electrons. The number of nitrogens with zero attached hydrogens (tertiary/aromatic N) is 1. The minimum Gasteiger partial charge on any atom is -0.497 e. The van der Waals surface area contributed by atoms with E-state index in [9.17, 15) is 4.79 Å². The van der Waals surface area contributed by atoms with E-state index in [-0.39, 0.29) is 17.0 Å². The molecule has 0 saturated carbocycles. The Balaban J connectivity index is 2.93. The van der Waals surface area contributed by atoms with Crippen LogP contribution in [0.25, 0.3) is 0 Å². The van der Waals surface area contributed by atoms with Gasteiger partial charge < -0.3 is 9.47 Å². The summed E-state index contributed by atoms with van der Waals surface area (Å²) in [4.78, 5) is 15.3. The molecule has 1 aromatic heterocycles. The molecule has 0 saturated heterocycles. The number of methoxy groups -OCH3 is 1. The van der Waals surface area contributed by atoms with Crippen molar-refractivity contribution < 1.29 is 14.3 Å². The van der Waals surface area contributed by atoms with Crippen molar-refractivity contribution in [2.24, 2.45) is 0 Å². The highest BCUT2D eigenvalue weighted by Gasteiger charge is 2.13. The van der Waals surface area contributed by atoms with Crippen molar-refractivity contribution in [1.82, 2.24) is 4.98 Å². The highest BCUT2D eigenvalue weighted by molar-refractivity contribution is 6.29. The van der Waals surface area contributed by atoms with Gasteiger partial charge in [0.1, 0.15) is 10.9 Å². The number of ether oxygens (including phenoxy) is 2. The maximum atomic E-state index is 11.5. The number of aromatic nitrogens is 1. The fraction of sp³-hybridized carbons (Fsp3) is 0.400. The van der Waals surface area contributed by atoms with Crippen molar-refractivity contribution in [3.05, 3.63) is 23.0 Å². The summed E-state index contributed by atoms with van der Waals surface area (Å²) in [5.41, 5.74) is 0.146. The summed E-state index contributed by atoms with van der Waals surface area (Å²) in [6.07, 6.45) is -0.190. The van der Waals surface area contributed by atoms with Crippen LogP contribution in [-0.2, 0) is 4.74 Å². The second kappa shape index (κ2) is 4.98. The van der Waals surface area contributed by atoms with Crippen LogP contribution < -0.4 is 4.74 Å². The van der Waals surface area contributed by atoms with Gasteiger partial charge in [0.15, 0.2) is 5.69 Å². The number of hydrogen-bond acceptors (Lipinski definition) is 4. The fourth-order valence-corrected chi connectivity index (χ4v) is 1.17. The summed E-state index contributed by atoms with van der Waals surface area (Å²) in [7, 11) is 1.49. The van der Waals surface area contributed by atoms with Crippen molar-refractivity contribution >= 4 is 17.6 Å². The minimum absolute atomic E-state index is 0.146. The number of carbonyl (C=O) groups excluding carboxylic acids is 1. The summed E-state index contributed by atoms with van der Waals surface area (Å²) in [5.74, 6) is -0.0310. The summed E-state index contributed by atoms with van der Waals surface area (Å²) >= 11 is 5.71. The maximum Gasteiger partial charge on any atom is 0.357 e. The van der Waals surface area contributed by atoms with Gasteiger partial charge in [0.05, 0.1) is 13.2 Å². The van der Waals surface area contributed by atoms with E-state index >= 15 is 0 Å². The Morgan fingerprint density at radius 1 is 1.47 bits per heavy atom. The summed E-state index contributed by atoms with van der Waals surface area (Å²) in [6, 6.07) is 3.00. The van der Waals surface area contributed by atoms with Gasteiger partial charge in [-0.2, -0.15) is 0 Å². The first-order chi connectivity index (χ1) is 7.02. The van der Waals surface area contributed by atoms with E-state index in [4.69, 9.17) is 21.1 Å². The third-order valence-electron chi connectivity index (χ3n) is 1.56. The monoisotopic (exact) mass is 229 g/mol. The molecular weight excluding hydrogens is 218 g/mol. The predicted octanol–water partition coefficient (Wildman–Crippen LogP) is 2.31. The van der Waals surface area contributed by atoms with Crippen LogP contribution in [0.1, 0.15) is 24.3 Å². The van der Waals surface area contributed by atoms with Crippen molar-refractivity contribution in [3.63, 3.8) is 0 Å². The molecule has 1 aromatic rings. The molecule has 0 N–H and O–H groups in total. The third-order valence-corrected chi connectivity index (χ3v) is 1.75. The summed E-state index contributed by atoms with van der Waals surface area (Å²) < 4.78 is 9.93. The Bertz CT molecular complexity index is 366. The average molecular weight is 230 g/mol. The van der Waals surface area contributed by atoms with Crippen LogP contribution in [0, 0.1) is 0 Å². The highest BCUT2D eigenvalue weighted by Crippen LogP contribution is 2.18. The van der Waals surface area contributed by atoms with Crippen LogP contribution in [0.5, 0.6) is 5.75 Å². The first kappa shape index (κ1) is 11.8. The molecule has 1 heterocycles. The zero-order valence-electron chi connectivity index (χ0n) is 8.78. The Kier molecular flexibility index (Phi) is 3.91. The topological polar surface area (TPSA) is 48.4 Å². The first-order valence-electron chi connectivity index (χ1n) is 4.45. The van der Waals surface area contributed by atoms with Gasteiger partial charge in [-0.05, 0) is 13.8 Å². The standard InChI is InChI=1S/C10H12ClNO3/c1-6(2)15-10(13)8-4-7(14-3)5-9(11)12-8/h4-6H,1-3H3. The Morgan fingerprint density at radius 3 is 2.67 bits per heavy atom. The Morgan fingerprint density at radius 2 is 2.13 bits per heavy atom. The fourth-order valence-electron chi connectivity index (χ4n) is 0.970. The molecule has 0 amide bonds. The van der Waals surface area contributed by atoms with Gasteiger partial charge in [-0.1, -0.05) is 11.6 Å². The molecule has 5 heteroatoms. The van der Waals surface area contributed by atoms with E-state index in [1.54, 1.807) is 13.8 Å². The second-order valence-electron chi connectivity index (χ2n) is 3.17. The molecule has 0 radical (unpaired) electrons. The molecule has 0 spiro atoms. The number of hydrogen-bond donors (Lipinski definition) is 0. The molecule has 0 atom stereocenters. The summed E-state index contributed by atoms with van der Waals surface area (Å²) in [6.45, 7) is 3.53. The van der Waals surface area contributed by atoms with Crippen molar-refractivity contribution in [2.45, 2.75) is 20.0 Å². The normalized spacial score (nSPS) is 10.2. The number of carbonyl (C=O) groups is 1. The van der Waals surface area contributed by atoms with E-state index in [0.717, 1.165) is 0 Å². The van der Waals surface area contributed by atoms with E-state index < -0.39 is 5.97 Å². The largest absolute Gasteiger partial charge is 0.497 e. The molecule has 0 aliphatic heterocycles. The van der Waals surface area contributed by atoms with Crippen LogP contribution >= 0.6 is 11.6 Å². The van der Waals surface area contributed by atoms with Crippen molar-refractivity contribution in [2.75, 3.05) is 7.11 Å². The average Bonchev–Trinajstić information content (AvgIpc) is 2.15. The van der Waals surface area contributed by atoms with Gasteiger partial charge in [-0.15, -0.1) is 0 Å². The lowest BCUT2D eigenvalue weighted by Gasteiger charge is -2.08. The zero-order chi connectivity index (χ0) is 11.4. The molecule has 0 fully saturated rings. The molecule has 0 aliphatic carbocycles. The second-order valence-corrected chi connectivity index (χ2v) is 3.56. The third kappa shape index (κ3) is 3.40. The van der Waals surface area contributed by atoms with Crippen molar-refractivity contribution in [3.8, 4) is 5.75 Å². The molecule has 1 rings (SSSR count). The van der Waals surface area contributed by atoms with E-state index in [1.165, 1.54) is 19.2 Å². The van der Waals surface area contributed by atoms with Gasteiger partial charge in [0.25, 0.3) is 0 Å². The number of rotatable bonds is 3. The molecule has 15 heavy (non-hydrogen) atoms. The number of esters is 1. The van der Waals surface area contributed by atoms with Gasteiger partial charge in [0, 0.05) is 12.1 Å². The van der Waals surface area contributed by atoms with Crippen LogP contribution in [0.3, 0.4) is 0 Å². The van der Waals surface area contributed by atoms with E-state index in [1.807, 2.05) is 0 Å².